The first kappa shape index (κ1) is 21.4. The van der Waals surface area contributed by atoms with Gasteiger partial charge >= 0.3 is 6.09 Å². The summed E-state index contributed by atoms with van der Waals surface area (Å²) in [6, 6.07) is 22.6. The van der Waals surface area contributed by atoms with Crippen molar-refractivity contribution in [2.45, 2.75) is 43.7 Å². The molecule has 4 heterocycles. The Morgan fingerprint density at radius 2 is 1.50 bits per heavy atom. The van der Waals surface area contributed by atoms with Crippen molar-refractivity contribution in [2.24, 2.45) is 5.92 Å². The molecule has 6 nitrogen and oxygen atoms in total. The first-order valence-corrected chi connectivity index (χ1v) is 12.8. The molecule has 2 unspecified atom stereocenters. The molecule has 2 aliphatic heterocycles. The molecule has 7 rings (SSSR count). The third-order valence-corrected chi connectivity index (χ3v) is 8.32. The minimum Gasteiger partial charge on any atom is -0.448 e. The number of rotatable bonds is 4. The summed E-state index contributed by atoms with van der Waals surface area (Å²) >= 11 is 0. The number of imidazole rings is 1. The average molecular weight is 478 g/mol. The number of amides is 1. The van der Waals surface area contributed by atoms with E-state index >= 15 is 0 Å². The number of ether oxygens (including phenoxy) is 1. The van der Waals surface area contributed by atoms with E-state index in [2.05, 4.69) is 41.4 Å². The number of aromatic nitrogens is 2. The molecule has 3 aliphatic rings. The van der Waals surface area contributed by atoms with E-state index in [1.807, 2.05) is 45.8 Å². The highest BCUT2D eigenvalue weighted by atomic mass is 16.6. The van der Waals surface area contributed by atoms with Crippen molar-refractivity contribution < 1.29 is 14.3 Å². The van der Waals surface area contributed by atoms with E-state index in [0.717, 1.165) is 18.5 Å². The molecule has 180 valence electrons. The van der Waals surface area contributed by atoms with E-state index in [0.29, 0.717) is 25.1 Å². The van der Waals surface area contributed by atoms with Crippen LogP contribution in [0.3, 0.4) is 0 Å². The topological polar surface area (TPSA) is 63.9 Å². The second-order valence-electron chi connectivity index (χ2n) is 10.2. The van der Waals surface area contributed by atoms with Gasteiger partial charge in [-0.15, -0.1) is 0 Å². The summed E-state index contributed by atoms with van der Waals surface area (Å²) in [5.41, 5.74) is 6.28. The van der Waals surface area contributed by atoms with E-state index in [9.17, 15) is 9.59 Å². The molecular weight excluding hydrogens is 450 g/mol. The predicted octanol–water partition coefficient (Wildman–Crippen LogP) is 5.71. The molecule has 2 aromatic heterocycles. The van der Waals surface area contributed by atoms with Crippen LogP contribution in [0.5, 0.6) is 0 Å². The largest absolute Gasteiger partial charge is 0.448 e. The molecule has 2 atom stereocenters. The summed E-state index contributed by atoms with van der Waals surface area (Å²) in [5.74, 6) is 0.0753. The number of carbonyl (C=O) groups is 2. The fraction of sp³-hybridized carbons (Fsp3) is 0.300. The lowest BCUT2D eigenvalue weighted by Gasteiger charge is -2.37. The lowest BCUT2D eigenvalue weighted by Crippen LogP contribution is -2.48. The van der Waals surface area contributed by atoms with Crippen LogP contribution in [0.15, 0.2) is 79.1 Å². The first-order valence-electron chi connectivity index (χ1n) is 12.8. The lowest BCUT2D eigenvalue weighted by atomic mass is 9.86. The van der Waals surface area contributed by atoms with Gasteiger partial charge in [0, 0.05) is 30.1 Å². The van der Waals surface area contributed by atoms with Crippen LogP contribution in [-0.4, -0.2) is 44.9 Å². The van der Waals surface area contributed by atoms with Gasteiger partial charge in [0.2, 0.25) is 0 Å². The molecule has 0 N–H and O–H groups in total. The van der Waals surface area contributed by atoms with Gasteiger partial charge in [0.1, 0.15) is 17.9 Å². The van der Waals surface area contributed by atoms with Crippen LogP contribution < -0.4 is 0 Å². The van der Waals surface area contributed by atoms with Crippen LogP contribution >= 0.6 is 0 Å². The molecule has 0 saturated carbocycles. The fourth-order valence-electron chi connectivity index (χ4n) is 6.68. The van der Waals surface area contributed by atoms with Crippen molar-refractivity contribution in [1.29, 1.82) is 0 Å². The van der Waals surface area contributed by atoms with Gasteiger partial charge in [0.05, 0.1) is 6.20 Å². The number of hydrogen-bond acceptors (Lipinski definition) is 4. The number of carbonyl (C=O) groups excluding carboxylic acids is 2. The van der Waals surface area contributed by atoms with Crippen molar-refractivity contribution in [3.63, 3.8) is 0 Å². The number of ketones is 1. The molecule has 0 radical (unpaired) electrons. The molecule has 2 fully saturated rings. The maximum atomic E-state index is 13.4. The molecule has 4 aromatic rings. The number of fused-ring (bicyclic) bond motifs is 6. The zero-order valence-corrected chi connectivity index (χ0v) is 19.9. The monoisotopic (exact) mass is 477 g/mol. The van der Waals surface area contributed by atoms with Crippen LogP contribution in [0.2, 0.25) is 0 Å². The summed E-state index contributed by atoms with van der Waals surface area (Å²) in [7, 11) is 0. The van der Waals surface area contributed by atoms with Gasteiger partial charge in [0.15, 0.2) is 5.78 Å². The Kier molecular flexibility index (Phi) is 4.94. The summed E-state index contributed by atoms with van der Waals surface area (Å²) in [6.07, 6.45) is 6.52. The van der Waals surface area contributed by atoms with Gasteiger partial charge in [-0.25, -0.2) is 9.78 Å². The average Bonchev–Trinajstić information content (AvgIpc) is 3.57. The van der Waals surface area contributed by atoms with Crippen molar-refractivity contribution >= 4 is 17.5 Å². The molecular formula is C30H27N3O3. The number of Topliss-reactive ketones (excluding diaryl/α,β-unsaturated/α-hetero) is 1. The van der Waals surface area contributed by atoms with Crippen molar-refractivity contribution in [2.75, 3.05) is 6.61 Å². The second-order valence-corrected chi connectivity index (χ2v) is 10.2. The Hall–Kier alpha value is -3.93. The minimum atomic E-state index is -0.245. The molecule has 36 heavy (non-hydrogen) atoms. The maximum absolute atomic E-state index is 13.4. The van der Waals surface area contributed by atoms with Gasteiger partial charge < -0.3 is 9.64 Å². The maximum Gasteiger partial charge on any atom is 0.410 e. The van der Waals surface area contributed by atoms with Gasteiger partial charge in [-0.3, -0.25) is 9.20 Å². The van der Waals surface area contributed by atoms with Gasteiger partial charge in [-0.1, -0.05) is 54.6 Å². The molecule has 2 saturated heterocycles. The van der Waals surface area contributed by atoms with Crippen molar-refractivity contribution in [1.82, 2.24) is 14.3 Å². The molecule has 1 aliphatic carbocycles. The Balaban J connectivity index is 1.06. The van der Waals surface area contributed by atoms with Crippen LogP contribution in [-0.2, 0) is 4.74 Å². The normalized spacial score (nSPS) is 22.4. The Morgan fingerprint density at radius 1 is 0.861 bits per heavy atom. The molecule has 2 bridgehead atoms. The number of pyridine rings is 1. The van der Waals surface area contributed by atoms with Crippen LogP contribution in [0, 0.1) is 5.92 Å². The summed E-state index contributed by atoms with van der Waals surface area (Å²) in [6.45, 7) is 0.326. The van der Waals surface area contributed by atoms with Crippen LogP contribution in [0.25, 0.3) is 16.8 Å². The number of hydrogen-bond donors (Lipinski definition) is 0. The van der Waals surface area contributed by atoms with Crippen molar-refractivity contribution in [3.05, 3.63) is 95.9 Å². The quantitative estimate of drug-likeness (QED) is 0.353. The van der Waals surface area contributed by atoms with Crippen LogP contribution in [0.1, 0.15) is 53.2 Å². The van der Waals surface area contributed by atoms with Gasteiger partial charge in [0.25, 0.3) is 0 Å². The Labute approximate surface area is 209 Å². The van der Waals surface area contributed by atoms with Gasteiger partial charge in [-0.05, 0) is 60.1 Å². The standard InChI is InChI=1S/C30H27N3O3/c34-29(27-17-31-28-11-5-6-14-32(27)28)19-15-20-12-13-21(16-19)33(20)30(35)36-18-26-24-9-3-1-7-22(24)23-8-2-4-10-25(23)26/h1-11,14,17,19-21,26H,12-13,15-16,18H2. The molecule has 2 aromatic carbocycles. The lowest BCUT2D eigenvalue weighted by molar-refractivity contribution is 0.0504. The third-order valence-electron chi connectivity index (χ3n) is 8.32. The van der Waals surface area contributed by atoms with Crippen LogP contribution in [0.4, 0.5) is 4.79 Å². The van der Waals surface area contributed by atoms with E-state index in [-0.39, 0.29) is 35.8 Å². The Morgan fingerprint density at radius 3 is 2.19 bits per heavy atom. The highest BCUT2D eigenvalue weighted by Crippen LogP contribution is 2.45. The second kappa shape index (κ2) is 8.33. The number of benzene rings is 2. The highest BCUT2D eigenvalue weighted by molar-refractivity contribution is 5.97. The predicted molar refractivity (Wildman–Crippen MR) is 136 cm³/mol. The summed E-state index contributed by atoms with van der Waals surface area (Å²) in [5, 5.41) is 0. The molecule has 0 spiro atoms. The Bertz CT molecular complexity index is 1430. The first-order chi connectivity index (χ1) is 17.7. The number of piperidine rings is 1. The summed E-state index contributed by atoms with van der Waals surface area (Å²) in [4.78, 5) is 33.0. The smallest absolute Gasteiger partial charge is 0.410 e. The minimum absolute atomic E-state index is 0.0486. The summed E-state index contributed by atoms with van der Waals surface area (Å²) < 4.78 is 7.84. The molecule has 6 heteroatoms. The fourth-order valence-corrected chi connectivity index (χ4v) is 6.68. The SMILES string of the molecule is O=C(c1cnc2ccccn12)C1CC2CCC(C1)N2C(=O)OCC1c2ccccc2-c2ccccc21. The van der Waals surface area contributed by atoms with E-state index < -0.39 is 0 Å². The third kappa shape index (κ3) is 3.28. The number of nitrogens with zero attached hydrogens (tertiary/aromatic N) is 3. The zero-order valence-electron chi connectivity index (χ0n) is 19.9. The molecule has 1 amide bonds. The zero-order chi connectivity index (χ0) is 24.2. The highest BCUT2D eigenvalue weighted by Gasteiger charge is 2.46. The van der Waals surface area contributed by atoms with Crippen molar-refractivity contribution in [3.8, 4) is 11.1 Å². The van der Waals surface area contributed by atoms with Gasteiger partial charge in [-0.2, -0.15) is 0 Å². The van der Waals surface area contributed by atoms with E-state index in [4.69, 9.17) is 4.74 Å². The van der Waals surface area contributed by atoms with E-state index in [1.54, 1.807) is 6.20 Å². The van der Waals surface area contributed by atoms with E-state index in [1.165, 1.54) is 22.3 Å².